The minimum absolute atomic E-state index is 0.576. The Balaban J connectivity index is 1.82. The van der Waals surface area contributed by atoms with Gasteiger partial charge in [0.1, 0.15) is 12.4 Å². The van der Waals surface area contributed by atoms with Gasteiger partial charge in [0.15, 0.2) is 0 Å². The quantitative estimate of drug-likeness (QED) is 0.693. The van der Waals surface area contributed by atoms with Crippen LogP contribution >= 0.6 is 15.9 Å². The van der Waals surface area contributed by atoms with E-state index in [4.69, 9.17) is 4.74 Å². The first-order valence-corrected chi connectivity index (χ1v) is 6.95. The van der Waals surface area contributed by atoms with E-state index in [1.54, 1.807) is 0 Å². The van der Waals surface area contributed by atoms with E-state index in [9.17, 15) is 0 Å². The van der Waals surface area contributed by atoms with Crippen molar-refractivity contribution in [2.24, 2.45) is 7.05 Å². The highest BCUT2D eigenvalue weighted by Crippen LogP contribution is 2.21. The van der Waals surface area contributed by atoms with Crippen molar-refractivity contribution in [2.45, 2.75) is 6.61 Å². The van der Waals surface area contributed by atoms with Gasteiger partial charge in [-0.2, -0.15) is 0 Å². The van der Waals surface area contributed by atoms with Gasteiger partial charge in [-0.25, -0.2) is 0 Å². The van der Waals surface area contributed by atoms with Gasteiger partial charge in [0, 0.05) is 17.0 Å². The number of ether oxygens (including phenoxy) is 1. The maximum atomic E-state index is 5.82. The van der Waals surface area contributed by atoms with Crippen molar-refractivity contribution in [3.63, 3.8) is 0 Å². The number of para-hydroxylation sites is 1. The van der Waals surface area contributed by atoms with Gasteiger partial charge in [0.2, 0.25) is 0 Å². The zero-order chi connectivity index (χ0) is 13.2. The van der Waals surface area contributed by atoms with Crippen LogP contribution in [0.25, 0.3) is 10.9 Å². The summed E-state index contributed by atoms with van der Waals surface area (Å²) in [7, 11) is 2.07. The zero-order valence-corrected chi connectivity index (χ0v) is 12.2. The maximum absolute atomic E-state index is 5.82. The number of fused-ring (bicyclic) bond motifs is 1. The molecule has 19 heavy (non-hydrogen) atoms. The summed E-state index contributed by atoms with van der Waals surface area (Å²) >= 11 is 3.42. The molecule has 0 unspecified atom stereocenters. The van der Waals surface area contributed by atoms with E-state index in [-0.39, 0.29) is 0 Å². The van der Waals surface area contributed by atoms with Crippen molar-refractivity contribution in [1.82, 2.24) is 4.57 Å². The molecule has 2 aromatic carbocycles. The molecule has 96 valence electrons. The van der Waals surface area contributed by atoms with Gasteiger partial charge in [0.05, 0.1) is 5.69 Å². The molecule has 0 aliphatic heterocycles. The molecule has 0 aliphatic carbocycles. The molecule has 3 aromatic rings. The Hall–Kier alpha value is -1.74. The molecular formula is C16H14BrNO. The lowest BCUT2D eigenvalue weighted by molar-refractivity contribution is 0.297. The van der Waals surface area contributed by atoms with E-state index in [0.29, 0.717) is 6.61 Å². The number of hydrogen-bond acceptors (Lipinski definition) is 1. The molecule has 0 saturated heterocycles. The third kappa shape index (κ3) is 2.51. The minimum atomic E-state index is 0.576. The highest BCUT2D eigenvalue weighted by atomic mass is 79.9. The van der Waals surface area contributed by atoms with Crippen molar-refractivity contribution in [1.29, 1.82) is 0 Å². The Morgan fingerprint density at radius 2 is 1.79 bits per heavy atom. The molecule has 3 heteroatoms. The average Bonchev–Trinajstić information content (AvgIpc) is 2.76. The monoisotopic (exact) mass is 315 g/mol. The van der Waals surface area contributed by atoms with Gasteiger partial charge < -0.3 is 9.30 Å². The summed E-state index contributed by atoms with van der Waals surface area (Å²) in [6.07, 6.45) is 0. The van der Waals surface area contributed by atoms with E-state index in [0.717, 1.165) is 10.2 Å². The molecule has 1 aromatic heterocycles. The Kier molecular flexibility index (Phi) is 3.30. The number of nitrogens with zero attached hydrogens (tertiary/aromatic N) is 1. The van der Waals surface area contributed by atoms with E-state index in [1.165, 1.54) is 16.6 Å². The summed E-state index contributed by atoms with van der Waals surface area (Å²) in [5.41, 5.74) is 2.40. The lowest BCUT2D eigenvalue weighted by Gasteiger charge is -2.07. The highest BCUT2D eigenvalue weighted by Gasteiger charge is 2.05. The van der Waals surface area contributed by atoms with E-state index in [2.05, 4.69) is 57.9 Å². The number of hydrogen-bond donors (Lipinski definition) is 0. The smallest absolute Gasteiger partial charge is 0.128 e. The standard InChI is InChI=1S/C16H14BrNO/c1-18-14(10-12-4-2-3-5-16(12)18)11-19-15-8-6-13(17)7-9-15/h2-10H,11H2,1H3. The predicted octanol–water partition coefficient (Wildman–Crippen LogP) is 4.52. The van der Waals surface area contributed by atoms with Crippen LogP contribution in [0, 0.1) is 0 Å². The first-order valence-electron chi connectivity index (χ1n) is 6.16. The summed E-state index contributed by atoms with van der Waals surface area (Å²) in [5, 5.41) is 1.25. The molecule has 1 heterocycles. The Labute approximate surface area is 120 Å². The van der Waals surface area contributed by atoms with Crippen molar-refractivity contribution < 1.29 is 4.74 Å². The average molecular weight is 316 g/mol. The van der Waals surface area contributed by atoms with Crippen molar-refractivity contribution >= 4 is 26.8 Å². The van der Waals surface area contributed by atoms with Gasteiger partial charge in [0.25, 0.3) is 0 Å². The summed E-state index contributed by atoms with van der Waals surface area (Å²) in [6.45, 7) is 0.576. The fourth-order valence-corrected chi connectivity index (χ4v) is 2.44. The molecule has 0 fully saturated rings. The summed E-state index contributed by atoms with van der Waals surface area (Å²) in [6, 6.07) is 18.4. The molecule has 0 saturated carbocycles. The molecule has 0 amide bonds. The van der Waals surface area contributed by atoms with Crippen molar-refractivity contribution in [2.75, 3.05) is 0 Å². The molecule has 0 bridgehead atoms. The Bertz CT molecular complexity index is 700. The number of benzene rings is 2. The maximum Gasteiger partial charge on any atom is 0.128 e. The molecule has 2 nitrogen and oxygen atoms in total. The topological polar surface area (TPSA) is 14.2 Å². The lowest BCUT2D eigenvalue weighted by Crippen LogP contribution is -2.01. The summed E-state index contributed by atoms with van der Waals surface area (Å²) < 4.78 is 9.05. The first-order chi connectivity index (χ1) is 9.24. The third-order valence-corrected chi connectivity index (χ3v) is 3.78. The molecule has 0 atom stereocenters. The summed E-state index contributed by atoms with van der Waals surface area (Å²) in [5.74, 6) is 0.883. The van der Waals surface area contributed by atoms with Gasteiger partial charge >= 0.3 is 0 Å². The Morgan fingerprint density at radius 1 is 1.05 bits per heavy atom. The number of halogens is 1. The molecule has 3 rings (SSSR count). The van der Waals surface area contributed by atoms with Crippen LogP contribution in [0.2, 0.25) is 0 Å². The third-order valence-electron chi connectivity index (χ3n) is 3.25. The van der Waals surface area contributed by atoms with Crippen LogP contribution in [0.5, 0.6) is 5.75 Å². The Morgan fingerprint density at radius 3 is 2.53 bits per heavy atom. The van der Waals surface area contributed by atoms with Crippen LogP contribution < -0.4 is 4.74 Å². The van der Waals surface area contributed by atoms with Crippen LogP contribution in [-0.4, -0.2) is 4.57 Å². The van der Waals surface area contributed by atoms with Gasteiger partial charge in [-0.15, -0.1) is 0 Å². The van der Waals surface area contributed by atoms with E-state index < -0.39 is 0 Å². The normalized spacial score (nSPS) is 10.8. The van der Waals surface area contributed by atoms with Gasteiger partial charge in [-0.3, -0.25) is 0 Å². The van der Waals surface area contributed by atoms with Crippen LogP contribution in [0.15, 0.2) is 59.1 Å². The van der Waals surface area contributed by atoms with Gasteiger partial charge in [-0.05, 0) is 41.8 Å². The molecular weight excluding hydrogens is 302 g/mol. The summed E-state index contributed by atoms with van der Waals surface area (Å²) in [4.78, 5) is 0. The van der Waals surface area contributed by atoms with Crippen LogP contribution in [0.4, 0.5) is 0 Å². The highest BCUT2D eigenvalue weighted by molar-refractivity contribution is 9.10. The second-order valence-electron chi connectivity index (χ2n) is 4.50. The van der Waals surface area contributed by atoms with Crippen LogP contribution in [-0.2, 0) is 13.7 Å². The van der Waals surface area contributed by atoms with E-state index >= 15 is 0 Å². The van der Waals surface area contributed by atoms with E-state index in [1.807, 2.05) is 24.3 Å². The van der Waals surface area contributed by atoms with Gasteiger partial charge in [-0.1, -0.05) is 34.1 Å². The first kappa shape index (κ1) is 12.3. The molecule has 0 N–H and O–H groups in total. The fourth-order valence-electron chi connectivity index (χ4n) is 2.17. The van der Waals surface area contributed by atoms with Crippen molar-refractivity contribution in [3.05, 3.63) is 64.8 Å². The minimum Gasteiger partial charge on any atom is -0.487 e. The second kappa shape index (κ2) is 5.10. The number of aryl methyl sites for hydroxylation is 1. The fraction of sp³-hybridized carbons (Fsp3) is 0.125. The predicted molar refractivity (Wildman–Crippen MR) is 81.4 cm³/mol. The molecule has 0 aliphatic rings. The molecule has 0 spiro atoms. The van der Waals surface area contributed by atoms with Crippen molar-refractivity contribution in [3.8, 4) is 5.75 Å². The number of aromatic nitrogens is 1. The largest absolute Gasteiger partial charge is 0.487 e. The second-order valence-corrected chi connectivity index (χ2v) is 5.41. The molecule has 0 radical (unpaired) electrons. The number of rotatable bonds is 3. The lowest BCUT2D eigenvalue weighted by atomic mass is 10.2. The van der Waals surface area contributed by atoms with Crippen LogP contribution in [0.3, 0.4) is 0 Å². The zero-order valence-electron chi connectivity index (χ0n) is 10.6. The van der Waals surface area contributed by atoms with Crippen LogP contribution in [0.1, 0.15) is 5.69 Å². The SMILES string of the molecule is Cn1c(COc2ccc(Br)cc2)cc2ccccc21.